The molecule has 4 nitrogen and oxygen atoms in total. The molecule has 1 atom stereocenters. The highest BCUT2D eigenvalue weighted by atomic mass is 16.5. The summed E-state index contributed by atoms with van der Waals surface area (Å²) >= 11 is 0. The average molecular weight is 253 g/mol. The second-order valence-electron chi connectivity index (χ2n) is 4.53. The van der Waals surface area contributed by atoms with Crippen molar-refractivity contribution >= 4 is 0 Å². The van der Waals surface area contributed by atoms with Gasteiger partial charge in [-0.3, -0.25) is 0 Å². The third-order valence-corrected chi connectivity index (χ3v) is 3.26. The van der Waals surface area contributed by atoms with Crippen LogP contribution in [0.2, 0.25) is 0 Å². The van der Waals surface area contributed by atoms with Crippen LogP contribution in [0.4, 0.5) is 0 Å². The second kappa shape index (κ2) is 5.25. The van der Waals surface area contributed by atoms with Crippen molar-refractivity contribution in [1.82, 2.24) is 14.8 Å². The molecule has 19 heavy (non-hydrogen) atoms. The van der Waals surface area contributed by atoms with Crippen molar-refractivity contribution in [1.29, 1.82) is 0 Å². The first-order chi connectivity index (χ1) is 9.38. The molecule has 1 aliphatic rings. The number of hydrogen-bond acceptors (Lipinski definition) is 3. The first-order valence-corrected chi connectivity index (χ1v) is 6.47. The Balaban J connectivity index is 1.97. The van der Waals surface area contributed by atoms with Gasteiger partial charge in [0.2, 0.25) is 0 Å². The standard InChI is InChI=1S/C15H15N3O/c1-2-12-6-5-7-13(17-12)14-9-10-16-18(14)15-8-3-4-11-19-15/h1,5-7,9-10,15H,3-4,8,11H2. The number of pyridine rings is 1. The molecule has 0 N–H and O–H groups in total. The van der Waals surface area contributed by atoms with Crippen LogP contribution < -0.4 is 0 Å². The highest BCUT2D eigenvalue weighted by Crippen LogP contribution is 2.27. The summed E-state index contributed by atoms with van der Waals surface area (Å²) in [4.78, 5) is 4.44. The van der Waals surface area contributed by atoms with Crippen LogP contribution >= 0.6 is 0 Å². The van der Waals surface area contributed by atoms with Crippen molar-refractivity contribution in [2.75, 3.05) is 6.61 Å². The molecule has 1 fully saturated rings. The minimum Gasteiger partial charge on any atom is -0.356 e. The van der Waals surface area contributed by atoms with Gasteiger partial charge in [-0.15, -0.1) is 6.42 Å². The van der Waals surface area contributed by atoms with Crippen LogP contribution in [-0.4, -0.2) is 21.4 Å². The largest absolute Gasteiger partial charge is 0.356 e. The van der Waals surface area contributed by atoms with E-state index in [1.165, 1.54) is 6.42 Å². The number of terminal acetylenes is 1. The van der Waals surface area contributed by atoms with E-state index >= 15 is 0 Å². The highest BCUT2D eigenvalue weighted by Gasteiger charge is 2.19. The van der Waals surface area contributed by atoms with Crippen molar-refractivity contribution in [3.63, 3.8) is 0 Å². The van der Waals surface area contributed by atoms with E-state index in [1.807, 2.05) is 28.9 Å². The molecule has 2 aromatic rings. The Hall–Kier alpha value is -2.12. The third-order valence-electron chi connectivity index (χ3n) is 3.26. The van der Waals surface area contributed by atoms with Gasteiger partial charge in [-0.2, -0.15) is 5.10 Å². The molecule has 4 heteroatoms. The second-order valence-corrected chi connectivity index (χ2v) is 4.53. The van der Waals surface area contributed by atoms with Gasteiger partial charge in [-0.05, 0) is 37.5 Å². The van der Waals surface area contributed by atoms with Crippen LogP contribution in [0.1, 0.15) is 31.2 Å². The summed E-state index contributed by atoms with van der Waals surface area (Å²) in [5, 5.41) is 4.37. The molecule has 0 radical (unpaired) electrons. The Kier molecular flexibility index (Phi) is 3.30. The molecule has 0 spiro atoms. The van der Waals surface area contributed by atoms with Crippen molar-refractivity contribution in [3.05, 3.63) is 36.2 Å². The van der Waals surface area contributed by atoms with Gasteiger partial charge in [0.1, 0.15) is 5.69 Å². The fourth-order valence-corrected chi connectivity index (χ4v) is 2.32. The lowest BCUT2D eigenvalue weighted by Gasteiger charge is -2.24. The fraction of sp³-hybridized carbons (Fsp3) is 0.333. The maximum Gasteiger partial charge on any atom is 0.150 e. The van der Waals surface area contributed by atoms with Gasteiger partial charge in [0.05, 0.1) is 11.4 Å². The Labute approximate surface area is 112 Å². The lowest BCUT2D eigenvalue weighted by Crippen LogP contribution is -2.20. The smallest absolute Gasteiger partial charge is 0.150 e. The van der Waals surface area contributed by atoms with Crippen molar-refractivity contribution in [2.24, 2.45) is 0 Å². The molecule has 0 saturated carbocycles. The van der Waals surface area contributed by atoms with Gasteiger partial charge in [0.15, 0.2) is 6.23 Å². The molecular formula is C15H15N3O. The molecule has 0 amide bonds. The summed E-state index contributed by atoms with van der Waals surface area (Å²) in [5.41, 5.74) is 2.42. The Bertz CT molecular complexity index is 606. The molecule has 0 bridgehead atoms. The quantitative estimate of drug-likeness (QED) is 0.772. The third kappa shape index (κ3) is 2.38. The average Bonchev–Trinajstić information content (AvgIpc) is 2.98. The lowest BCUT2D eigenvalue weighted by molar-refractivity contribution is -0.0384. The monoisotopic (exact) mass is 253 g/mol. The van der Waals surface area contributed by atoms with E-state index in [0.717, 1.165) is 30.8 Å². The van der Waals surface area contributed by atoms with Crippen molar-refractivity contribution in [2.45, 2.75) is 25.5 Å². The van der Waals surface area contributed by atoms with Crippen LogP contribution in [0.3, 0.4) is 0 Å². The Morgan fingerprint density at radius 1 is 1.32 bits per heavy atom. The molecule has 3 rings (SSSR count). The van der Waals surface area contributed by atoms with Gasteiger partial charge in [0.25, 0.3) is 0 Å². The predicted octanol–water partition coefficient (Wildman–Crippen LogP) is 2.63. The maximum absolute atomic E-state index is 5.77. The molecular weight excluding hydrogens is 238 g/mol. The minimum absolute atomic E-state index is 0.00930. The molecule has 2 aromatic heterocycles. The van der Waals surface area contributed by atoms with Crippen LogP contribution in [0, 0.1) is 12.3 Å². The van der Waals surface area contributed by atoms with Crippen LogP contribution in [-0.2, 0) is 4.74 Å². The maximum atomic E-state index is 5.77. The molecule has 1 aliphatic heterocycles. The van der Waals surface area contributed by atoms with E-state index in [1.54, 1.807) is 6.20 Å². The van der Waals surface area contributed by atoms with Crippen LogP contribution in [0.15, 0.2) is 30.5 Å². The number of ether oxygens (including phenoxy) is 1. The number of hydrogen-bond donors (Lipinski definition) is 0. The SMILES string of the molecule is C#Cc1cccc(-c2ccnn2C2CCCCO2)n1. The van der Waals surface area contributed by atoms with E-state index in [2.05, 4.69) is 16.0 Å². The topological polar surface area (TPSA) is 39.9 Å². The van der Waals surface area contributed by atoms with E-state index in [0.29, 0.717) is 5.69 Å². The summed E-state index contributed by atoms with van der Waals surface area (Å²) in [5.74, 6) is 2.56. The Morgan fingerprint density at radius 2 is 2.26 bits per heavy atom. The lowest BCUT2D eigenvalue weighted by atomic mass is 10.2. The summed E-state index contributed by atoms with van der Waals surface area (Å²) in [6.45, 7) is 0.793. The van der Waals surface area contributed by atoms with Crippen molar-refractivity contribution in [3.8, 4) is 23.7 Å². The molecule has 1 saturated heterocycles. The van der Waals surface area contributed by atoms with E-state index in [-0.39, 0.29) is 6.23 Å². The number of nitrogens with zero attached hydrogens (tertiary/aromatic N) is 3. The van der Waals surface area contributed by atoms with Crippen LogP contribution in [0.5, 0.6) is 0 Å². The zero-order valence-corrected chi connectivity index (χ0v) is 10.6. The molecule has 96 valence electrons. The van der Waals surface area contributed by atoms with Crippen LogP contribution in [0.25, 0.3) is 11.4 Å². The first-order valence-electron chi connectivity index (χ1n) is 6.47. The van der Waals surface area contributed by atoms with E-state index in [9.17, 15) is 0 Å². The summed E-state index contributed by atoms with van der Waals surface area (Å²) in [6, 6.07) is 7.62. The van der Waals surface area contributed by atoms with Gasteiger partial charge in [0, 0.05) is 12.8 Å². The zero-order valence-electron chi connectivity index (χ0n) is 10.6. The minimum atomic E-state index is 0.00930. The van der Waals surface area contributed by atoms with Gasteiger partial charge < -0.3 is 4.74 Å². The van der Waals surface area contributed by atoms with Gasteiger partial charge in [-0.25, -0.2) is 9.67 Å². The van der Waals surface area contributed by atoms with Gasteiger partial charge >= 0.3 is 0 Å². The zero-order chi connectivity index (χ0) is 13.1. The molecule has 3 heterocycles. The predicted molar refractivity (Wildman–Crippen MR) is 72.2 cm³/mol. The Morgan fingerprint density at radius 3 is 3.05 bits per heavy atom. The highest BCUT2D eigenvalue weighted by molar-refractivity contribution is 5.55. The fourth-order valence-electron chi connectivity index (χ4n) is 2.32. The van der Waals surface area contributed by atoms with Gasteiger partial charge in [-0.1, -0.05) is 12.0 Å². The summed E-state index contributed by atoms with van der Waals surface area (Å²) < 4.78 is 7.68. The van der Waals surface area contributed by atoms with E-state index in [4.69, 9.17) is 11.2 Å². The van der Waals surface area contributed by atoms with E-state index < -0.39 is 0 Å². The summed E-state index contributed by atoms with van der Waals surface area (Å²) in [7, 11) is 0. The summed E-state index contributed by atoms with van der Waals surface area (Å²) in [6.07, 6.45) is 10.5. The normalized spacial score (nSPS) is 19.0. The number of rotatable bonds is 2. The molecule has 0 aromatic carbocycles. The van der Waals surface area contributed by atoms with Crippen molar-refractivity contribution < 1.29 is 4.74 Å². The number of aromatic nitrogens is 3. The molecule has 1 unspecified atom stereocenters. The first kappa shape index (κ1) is 11.9. The molecule has 0 aliphatic carbocycles.